The monoisotopic (exact) mass is 317 g/mol. The standard InChI is InChI=1S/C18H20FNO3/c1-13(18(22)14-7-9-15(19)10-8-14)20-17(21)11-12-23-16-5-3-2-4-6-16/h2-10,13,18,22H,11-12H2,1H3,(H,20,21). The summed E-state index contributed by atoms with van der Waals surface area (Å²) in [5.74, 6) is 0.130. The lowest BCUT2D eigenvalue weighted by Gasteiger charge is -2.20. The Morgan fingerprint density at radius 1 is 1.17 bits per heavy atom. The fraction of sp³-hybridized carbons (Fsp3) is 0.278. The Bertz CT molecular complexity index is 616. The van der Waals surface area contributed by atoms with Gasteiger partial charge in [0.2, 0.25) is 5.91 Å². The van der Waals surface area contributed by atoms with Gasteiger partial charge in [-0.05, 0) is 36.8 Å². The van der Waals surface area contributed by atoms with E-state index in [-0.39, 0.29) is 24.8 Å². The molecular formula is C18H20FNO3. The van der Waals surface area contributed by atoms with Crippen LogP contribution in [0, 0.1) is 5.82 Å². The molecule has 0 heterocycles. The average molecular weight is 317 g/mol. The van der Waals surface area contributed by atoms with Gasteiger partial charge >= 0.3 is 0 Å². The van der Waals surface area contributed by atoms with E-state index < -0.39 is 12.1 Å². The van der Waals surface area contributed by atoms with Crippen molar-refractivity contribution in [2.75, 3.05) is 6.61 Å². The van der Waals surface area contributed by atoms with Crippen molar-refractivity contribution in [3.8, 4) is 5.75 Å². The number of amides is 1. The van der Waals surface area contributed by atoms with Gasteiger partial charge in [0.05, 0.1) is 25.2 Å². The Morgan fingerprint density at radius 2 is 1.83 bits per heavy atom. The molecular weight excluding hydrogens is 297 g/mol. The highest BCUT2D eigenvalue weighted by molar-refractivity contribution is 5.76. The third-order valence-corrected chi connectivity index (χ3v) is 3.41. The number of nitrogens with one attached hydrogen (secondary N) is 1. The van der Waals surface area contributed by atoms with Crippen LogP contribution in [0.25, 0.3) is 0 Å². The Balaban J connectivity index is 1.76. The van der Waals surface area contributed by atoms with Crippen molar-refractivity contribution in [3.63, 3.8) is 0 Å². The predicted octanol–water partition coefficient (Wildman–Crippen LogP) is 2.83. The normalized spacial score (nSPS) is 13.2. The number of hydrogen-bond acceptors (Lipinski definition) is 3. The molecule has 0 saturated heterocycles. The van der Waals surface area contributed by atoms with Gasteiger partial charge in [-0.15, -0.1) is 0 Å². The molecule has 1 amide bonds. The molecule has 2 N–H and O–H groups in total. The van der Waals surface area contributed by atoms with Crippen LogP contribution in [0.4, 0.5) is 4.39 Å². The van der Waals surface area contributed by atoms with Crippen LogP contribution < -0.4 is 10.1 Å². The highest BCUT2D eigenvalue weighted by atomic mass is 19.1. The van der Waals surface area contributed by atoms with Crippen LogP contribution in [-0.2, 0) is 4.79 Å². The number of hydrogen-bond donors (Lipinski definition) is 2. The molecule has 2 rings (SSSR count). The number of para-hydroxylation sites is 1. The van der Waals surface area contributed by atoms with Crippen molar-refractivity contribution in [1.82, 2.24) is 5.32 Å². The third kappa shape index (κ3) is 5.38. The first-order valence-electron chi connectivity index (χ1n) is 7.47. The lowest BCUT2D eigenvalue weighted by molar-refractivity contribution is -0.123. The fourth-order valence-electron chi connectivity index (χ4n) is 2.13. The number of carbonyl (C=O) groups is 1. The van der Waals surface area contributed by atoms with E-state index in [2.05, 4.69) is 5.32 Å². The molecule has 0 spiro atoms. The zero-order valence-corrected chi connectivity index (χ0v) is 12.9. The quantitative estimate of drug-likeness (QED) is 0.825. The van der Waals surface area contributed by atoms with Gasteiger partial charge < -0.3 is 15.2 Å². The van der Waals surface area contributed by atoms with E-state index in [4.69, 9.17) is 4.74 Å². The summed E-state index contributed by atoms with van der Waals surface area (Å²) in [6.07, 6.45) is -0.704. The van der Waals surface area contributed by atoms with Gasteiger partial charge in [0.25, 0.3) is 0 Å². The summed E-state index contributed by atoms with van der Waals surface area (Å²) in [7, 11) is 0. The third-order valence-electron chi connectivity index (χ3n) is 3.41. The molecule has 0 aliphatic carbocycles. The minimum absolute atomic E-state index is 0.190. The molecule has 2 aromatic carbocycles. The molecule has 4 nitrogen and oxygen atoms in total. The largest absolute Gasteiger partial charge is 0.493 e. The van der Waals surface area contributed by atoms with E-state index in [0.29, 0.717) is 11.3 Å². The van der Waals surface area contributed by atoms with E-state index in [1.165, 1.54) is 24.3 Å². The summed E-state index contributed by atoms with van der Waals surface area (Å²) in [5.41, 5.74) is 0.555. The summed E-state index contributed by atoms with van der Waals surface area (Å²) in [6.45, 7) is 1.96. The lowest BCUT2D eigenvalue weighted by Crippen LogP contribution is -2.37. The summed E-state index contributed by atoms with van der Waals surface area (Å²) >= 11 is 0. The van der Waals surface area contributed by atoms with Gasteiger partial charge in [-0.3, -0.25) is 4.79 Å². The summed E-state index contributed by atoms with van der Waals surface area (Å²) < 4.78 is 18.3. The highest BCUT2D eigenvalue weighted by Crippen LogP contribution is 2.17. The fourth-order valence-corrected chi connectivity index (χ4v) is 2.13. The van der Waals surface area contributed by atoms with Gasteiger partial charge in [-0.2, -0.15) is 0 Å². The van der Waals surface area contributed by atoms with E-state index >= 15 is 0 Å². The summed E-state index contributed by atoms with van der Waals surface area (Å²) in [4.78, 5) is 11.9. The SMILES string of the molecule is CC(NC(=O)CCOc1ccccc1)C(O)c1ccc(F)cc1. The number of carbonyl (C=O) groups excluding carboxylic acids is 1. The van der Waals surface area contributed by atoms with Crippen LogP contribution in [0.15, 0.2) is 54.6 Å². The van der Waals surface area contributed by atoms with E-state index in [1.54, 1.807) is 6.92 Å². The molecule has 0 fully saturated rings. The predicted molar refractivity (Wildman–Crippen MR) is 85.5 cm³/mol. The number of ether oxygens (including phenoxy) is 1. The molecule has 0 saturated carbocycles. The van der Waals surface area contributed by atoms with Crippen molar-refractivity contribution in [2.45, 2.75) is 25.5 Å². The minimum Gasteiger partial charge on any atom is -0.493 e. The number of aliphatic hydroxyl groups is 1. The maximum atomic E-state index is 12.9. The zero-order chi connectivity index (χ0) is 16.7. The molecule has 0 radical (unpaired) electrons. The second-order valence-corrected chi connectivity index (χ2v) is 5.26. The van der Waals surface area contributed by atoms with Crippen LogP contribution in [0.5, 0.6) is 5.75 Å². The molecule has 122 valence electrons. The molecule has 2 unspecified atom stereocenters. The van der Waals surface area contributed by atoms with Crippen LogP contribution >= 0.6 is 0 Å². The number of rotatable bonds is 7. The van der Waals surface area contributed by atoms with E-state index in [9.17, 15) is 14.3 Å². The second-order valence-electron chi connectivity index (χ2n) is 5.26. The summed E-state index contributed by atoms with van der Waals surface area (Å²) in [5, 5.41) is 12.9. The van der Waals surface area contributed by atoms with Crippen molar-refractivity contribution < 1.29 is 19.0 Å². The number of halogens is 1. The van der Waals surface area contributed by atoms with E-state index in [0.717, 1.165) is 0 Å². The van der Waals surface area contributed by atoms with Gasteiger partial charge in [-0.1, -0.05) is 30.3 Å². The van der Waals surface area contributed by atoms with Gasteiger partial charge in [-0.25, -0.2) is 4.39 Å². The van der Waals surface area contributed by atoms with Crippen molar-refractivity contribution in [1.29, 1.82) is 0 Å². The lowest BCUT2D eigenvalue weighted by atomic mass is 10.0. The first kappa shape index (κ1) is 17.0. The highest BCUT2D eigenvalue weighted by Gasteiger charge is 2.18. The molecule has 5 heteroatoms. The first-order chi connectivity index (χ1) is 11.1. The second kappa shape index (κ2) is 8.29. The number of benzene rings is 2. The van der Waals surface area contributed by atoms with Crippen molar-refractivity contribution in [3.05, 3.63) is 66.0 Å². The smallest absolute Gasteiger partial charge is 0.223 e. The molecule has 0 aromatic heterocycles. The van der Waals surface area contributed by atoms with E-state index in [1.807, 2.05) is 30.3 Å². The van der Waals surface area contributed by atoms with Gasteiger partial charge in [0, 0.05) is 0 Å². The average Bonchev–Trinajstić information content (AvgIpc) is 2.56. The minimum atomic E-state index is -0.894. The maximum Gasteiger partial charge on any atom is 0.223 e. The van der Waals surface area contributed by atoms with Crippen LogP contribution in [0.1, 0.15) is 25.0 Å². The van der Waals surface area contributed by atoms with Crippen LogP contribution in [-0.4, -0.2) is 23.7 Å². The van der Waals surface area contributed by atoms with Gasteiger partial charge in [0.15, 0.2) is 0 Å². The first-order valence-corrected chi connectivity index (χ1v) is 7.47. The molecule has 23 heavy (non-hydrogen) atoms. The van der Waals surface area contributed by atoms with Gasteiger partial charge in [0.1, 0.15) is 11.6 Å². The summed E-state index contributed by atoms with van der Waals surface area (Å²) in [6, 6.07) is 14.3. The van der Waals surface area contributed by atoms with Crippen molar-refractivity contribution in [2.24, 2.45) is 0 Å². The number of aliphatic hydroxyl groups excluding tert-OH is 1. The molecule has 0 aliphatic heterocycles. The molecule has 2 aromatic rings. The van der Waals surface area contributed by atoms with Crippen molar-refractivity contribution >= 4 is 5.91 Å². The molecule has 0 bridgehead atoms. The van der Waals surface area contributed by atoms with Crippen LogP contribution in [0.3, 0.4) is 0 Å². The maximum absolute atomic E-state index is 12.9. The molecule has 2 atom stereocenters. The Hall–Kier alpha value is -2.40. The zero-order valence-electron chi connectivity index (χ0n) is 12.9. The topological polar surface area (TPSA) is 58.6 Å². The molecule has 0 aliphatic rings. The Morgan fingerprint density at radius 3 is 2.48 bits per heavy atom. The van der Waals surface area contributed by atoms with Crippen LogP contribution in [0.2, 0.25) is 0 Å². The Kier molecular flexibility index (Phi) is 6.11. The Labute approximate surface area is 134 Å².